The topological polar surface area (TPSA) is 57.2 Å². The molecular formula is C98H84N6O2Os4P4+4. The summed E-state index contributed by atoms with van der Waals surface area (Å²) in [5.74, 6) is 1.74. The van der Waals surface area contributed by atoms with E-state index in [1.807, 2.05) is 121 Å². The first-order chi connectivity index (χ1) is 54.3. The number of rotatable bonds is 18. The number of aromatic nitrogens is 2. The van der Waals surface area contributed by atoms with Gasteiger partial charge in [0.2, 0.25) is 0 Å². The number of nitrogens with zero attached hydrogens (tertiary/aromatic N) is 6. The maximum Gasteiger partial charge on any atom is 2.00 e. The third kappa shape index (κ3) is 22.7. The van der Waals surface area contributed by atoms with Gasteiger partial charge in [-0.15, -0.1) is 88.2 Å². The Hall–Kier alpha value is -9.03. The fourth-order valence-electron chi connectivity index (χ4n) is 13.7. The zero-order valence-corrected chi connectivity index (χ0v) is 77.0. The molecule has 13 aromatic carbocycles. The Morgan fingerprint density at radius 2 is 0.781 bits per heavy atom. The molecule has 0 fully saturated rings. The SMILES string of the molecule is CN1C=CN(c2[c-]c(C[PH+](c3ccccc3)c3ccccc3)ccc2)[CH-]1.CN1[CH-]N(c2[c-]c(C[PH+](c3ccccc3)c3ccccc3)ccc2)c2ccccc21.[Os+2].[Os+2].[Os+].[Os+].[c-]1c(C[PH+](c2ccccc2)c2ccccc2)cccc1-c1ccccn1.[c-]1ccccc1-c1cccc(C[PH+]2Oc3ccccc3-c3ccccc3O2)n1. The van der Waals surface area contributed by atoms with Crippen LogP contribution in [0.25, 0.3) is 33.6 Å². The summed E-state index contributed by atoms with van der Waals surface area (Å²) < 4.78 is 12.6. The average molecular weight is 2260 g/mol. The molecule has 0 N–H and O–H groups in total. The van der Waals surface area contributed by atoms with E-state index in [9.17, 15) is 0 Å². The van der Waals surface area contributed by atoms with Crippen molar-refractivity contribution in [2.24, 2.45) is 0 Å². The van der Waals surface area contributed by atoms with Gasteiger partial charge in [-0.3, -0.25) is 4.98 Å². The van der Waals surface area contributed by atoms with Crippen molar-refractivity contribution in [2.75, 3.05) is 28.8 Å². The molecule has 0 saturated carbocycles. The van der Waals surface area contributed by atoms with E-state index in [1.54, 1.807) is 0 Å². The maximum absolute atomic E-state index is 6.32. The van der Waals surface area contributed by atoms with E-state index in [0.29, 0.717) is 6.16 Å². The summed E-state index contributed by atoms with van der Waals surface area (Å²) in [6.07, 6.45) is 9.64. The minimum Gasteiger partial charge on any atom is -0.510 e. The van der Waals surface area contributed by atoms with Crippen molar-refractivity contribution in [1.29, 1.82) is 0 Å². The van der Waals surface area contributed by atoms with E-state index >= 15 is 0 Å². The Morgan fingerprint density at radius 1 is 0.368 bits per heavy atom. The predicted molar refractivity (Wildman–Crippen MR) is 470 cm³/mol. The van der Waals surface area contributed by atoms with Gasteiger partial charge in [-0.25, -0.2) is 0 Å². The van der Waals surface area contributed by atoms with Gasteiger partial charge in [0.1, 0.15) is 0 Å². The molecular weight excluding hydrogens is 2180 g/mol. The van der Waals surface area contributed by atoms with Crippen LogP contribution in [0.3, 0.4) is 0 Å². The van der Waals surface area contributed by atoms with Crippen molar-refractivity contribution >= 4 is 86.7 Å². The second-order valence-electron chi connectivity index (χ2n) is 26.7. The van der Waals surface area contributed by atoms with Crippen LogP contribution in [0.1, 0.15) is 22.4 Å². The first kappa shape index (κ1) is 85.8. The normalized spacial score (nSPS) is 12.1. The summed E-state index contributed by atoms with van der Waals surface area (Å²) in [6, 6.07) is 144. The molecule has 8 nitrogen and oxygen atoms in total. The zero-order chi connectivity index (χ0) is 74.5. The molecule has 566 valence electrons. The van der Waals surface area contributed by atoms with Gasteiger partial charge in [0, 0.05) is 28.7 Å². The molecule has 0 spiro atoms. The first-order valence-electron chi connectivity index (χ1n) is 37.0. The Morgan fingerprint density at radius 3 is 1.25 bits per heavy atom. The standard InChI is InChI=1S/C27H23N2P.C24H17NO2P.C24H19NP.C23H21N2P.4Os/c1-28-21-29(27-18-9-8-17-26(27)28)23-12-10-11-22(19-23)20-30(24-13-4-2-5-14-24)25-15-6-3-7-16-25;1-2-9-18(10-3-1)22-14-8-11-19(25-22)17-28-26-23-15-6-4-12-20(23)21-13-5-7-16-24(21)27-28;1-3-12-22(13-4-1)26(23-14-5-2-6-15-23)19-20-10-9-11-21(18-20)24-16-7-8-17-25-24;1-24-15-16-25(19-24)21-10-8-9-20(17-21)18-26(22-11-4-2-5-12-22)23-13-6-3-7-14-23;;;;/h2-18,21H,20H2,1H3;1-9,11-16H,17H2;1-17H,19H2;2-16,19H,18H2,1H3;;;;/q-2;2*-1;-2;2*+1;2*+2/p+4. The van der Waals surface area contributed by atoms with Gasteiger partial charge in [-0.2, -0.15) is 61.9 Å². The number of fused-ring (bicyclic) bond motifs is 4. The van der Waals surface area contributed by atoms with Crippen LogP contribution in [-0.4, -0.2) is 29.0 Å². The maximum atomic E-state index is 6.32. The second-order valence-corrected chi connectivity index (χ2v) is 35.6. The summed E-state index contributed by atoms with van der Waals surface area (Å²) in [7, 11) is -0.229. The molecule has 0 bridgehead atoms. The van der Waals surface area contributed by atoms with Crippen molar-refractivity contribution in [3.05, 3.63) is 449 Å². The van der Waals surface area contributed by atoms with Crippen molar-refractivity contribution < 1.29 is 88.2 Å². The molecule has 0 aliphatic carbocycles. The third-order valence-electron chi connectivity index (χ3n) is 19.1. The summed E-state index contributed by atoms with van der Waals surface area (Å²) in [4.78, 5) is 17.8. The molecule has 2 aromatic heterocycles. The van der Waals surface area contributed by atoms with Crippen molar-refractivity contribution in [2.45, 2.75) is 24.6 Å². The smallest absolute Gasteiger partial charge is 0.510 e. The van der Waals surface area contributed by atoms with Gasteiger partial charge in [0.15, 0.2) is 17.7 Å². The van der Waals surface area contributed by atoms with Crippen LogP contribution in [0.15, 0.2) is 389 Å². The van der Waals surface area contributed by atoms with Gasteiger partial charge in [0.05, 0.1) is 79.8 Å². The summed E-state index contributed by atoms with van der Waals surface area (Å²) in [5.41, 5.74) is 15.4. The number of para-hydroxylation sites is 4. The zero-order valence-electron chi connectivity index (χ0n) is 62.8. The summed E-state index contributed by atoms with van der Waals surface area (Å²) in [6.45, 7) is 4.20. The minimum atomic E-state index is -1.63. The molecule has 0 unspecified atom stereocenters. The van der Waals surface area contributed by atoms with Crippen LogP contribution in [-0.2, 0) is 104 Å². The largest absolute Gasteiger partial charge is 2.00 e. The van der Waals surface area contributed by atoms with Crippen LogP contribution < -0.4 is 55.6 Å². The Labute approximate surface area is 730 Å². The molecule has 3 aliphatic rings. The Kier molecular flexibility index (Phi) is 32.8. The molecule has 15 aromatic rings. The first-order valence-corrected chi connectivity index (χ1v) is 43.7. The molecule has 2 radical (unpaired) electrons. The van der Waals surface area contributed by atoms with Crippen LogP contribution in [0.5, 0.6) is 11.5 Å². The van der Waals surface area contributed by atoms with Gasteiger partial charge in [-0.05, 0) is 147 Å². The van der Waals surface area contributed by atoms with E-state index in [0.717, 1.165) is 80.7 Å². The van der Waals surface area contributed by atoms with Crippen molar-refractivity contribution in [3.8, 4) is 45.1 Å². The van der Waals surface area contributed by atoms with E-state index < -0.39 is 32.1 Å². The fourth-order valence-corrected chi connectivity index (χ4v) is 22.8. The molecule has 18 rings (SSSR count). The number of pyridine rings is 2. The molecule has 3 aliphatic heterocycles. The van der Waals surface area contributed by atoms with Gasteiger partial charge in [0.25, 0.3) is 0 Å². The quantitative estimate of drug-likeness (QED) is 0.0622. The molecule has 5 heterocycles. The van der Waals surface area contributed by atoms with E-state index in [4.69, 9.17) is 14.0 Å². The minimum absolute atomic E-state index is 0. The molecule has 0 amide bonds. The third-order valence-corrected chi connectivity index (χ3v) is 29.0. The Balaban J connectivity index is 0.000000148. The monoisotopic (exact) mass is 2270 g/mol. The summed E-state index contributed by atoms with van der Waals surface area (Å²) >= 11 is 0. The number of benzene rings is 13. The number of hydrogen-bond acceptors (Lipinski definition) is 8. The van der Waals surface area contributed by atoms with Crippen LogP contribution in [0.2, 0.25) is 0 Å². The number of anilines is 4. The van der Waals surface area contributed by atoms with E-state index in [-0.39, 0.29) is 79.2 Å². The molecule has 0 saturated heterocycles. The van der Waals surface area contributed by atoms with E-state index in [2.05, 4.69) is 344 Å². The Bertz CT molecular complexity index is 5290. The predicted octanol–water partition coefficient (Wildman–Crippen LogP) is 20.9. The molecule has 114 heavy (non-hydrogen) atoms. The molecule has 0 atom stereocenters. The van der Waals surface area contributed by atoms with Crippen LogP contribution in [0, 0.1) is 37.6 Å². The van der Waals surface area contributed by atoms with Crippen LogP contribution >= 0.6 is 32.1 Å². The second kappa shape index (κ2) is 43.6. The van der Waals surface area contributed by atoms with Gasteiger partial charge >= 0.3 is 87.5 Å². The number of hydrogen-bond donors (Lipinski definition) is 0. The van der Waals surface area contributed by atoms with E-state index in [1.165, 1.54) is 59.9 Å². The summed E-state index contributed by atoms with van der Waals surface area (Å²) in [5, 5.41) is 8.61. The fraction of sp³-hybridized carbons (Fsp3) is 0.0612. The van der Waals surface area contributed by atoms with Crippen molar-refractivity contribution in [1.82, 2.24) is 14.9 Å². The van der Waals surface area contributed by atoms with Gasteiger partial charge < -0.3 is 33.6 Å². The van der Waals surface area contributed by atoms with Crippen LogP contribution in [0.4, 0.5) is 22.7 Å². The van der Waals surface area contributed by atoms with Gasteiger partial charge in [-0.1, -0.05) is 188 Å². The average Bonchev–Trinajstić information content (AvgIpc) is 1.62. The molecule has 16 heteroatoms. The van der Waals surface area contributed by atoms with Crippen molar-refractivity contribution in [3.63, 3.8) is 0 Å².